The van der Waals surface area contributed by atoms with E-state index in [4.69, 9.17) is 21.1 Å². The van der Waals surface area contributed by atoms with Crippen LogP contribution in [0.2, 0.25) is 5.02 Å². The Hall–Kier alpha value is -3.66. The number of aliphatic hydroxyl groups is 1. The standard InChI is InChI=1S/C37H46ClN3O6/c1-6-20-39(28-16-18-29(19-17-28)46-8-3)33(43)30-31-34(44)41(22-10-9-11-23-42)32(37(31)24-25(4)36(30,5)47-37)35(45)40(21-7-2)27-14-12-26(38)13-15-27/h6-7,12-19,25,30-32,42H,1-2,8-11,20-24H2,3-5H3/t25?,30-,31+,32?,36+,37?/m1/s1. The number of nitrogens with zero attached hydrogens (tertiary/aromatic N) is 3. The lowest BCUT2D eigenvalue weighted by Crippen LogP contribution is -2.57. The van der Waals surface area contributed by atoms with Crippen LogP contribution < -0.4 is 14.5 Å². The van der Waals surface area contributed by atoms with E-state index in [0.29, 0.717) is 61.0 Å². The number of halogens is 1. The van der Waals surface area contributed by atoms with E-state index in [1.807, 2.05) is 45.0 Å². The Kier molecular flexibility index (Phi) is 10.5. The number of fused-ring (bicyclic) bond motifs is 1. The molecule has 0 saturated carbocycles. The first kappa shape index (κ1) is 34.7. The number of rotatable bonds is 15. The monoisotopic (exact) mass is 663 g/mol. The van der Waals surface area contributed by atoms with Crippen LogP contribution in [0.5, 0.6) is 5.75 Å². The minimum atomic E-state index is -1.20. The van der Waals surface area contributed by atoms with Gasteiger partial charge >= 0.3 is 0 Å². The highest BCUT2D eigenvalue weighted by Crippen LogP contribution is 2.65. The average Bonchev–Trinajstić information content (AvgIpc) is 3.57. The van der Waals surface area contributed by atoms with Gasteiger partial charge in [-0.15, -0.1) is 13.2 Å². The second kappa shape index (κ2) is 14.2. The number of unbranched alkanes of at least 4 members (excludes halogenated alkanes) is 2. The van der Waals surface area contributed by atoms with Crippen LogP contribution in [0.3, 0.4) is 0 Å². The first-order valence-electron chi connectivity index (χ1n) is 16.5. The van der Waals surface area contributed by atoms with E-state index in [-0.39, 0.29) is 43.3 Å². The molecule has 1 spiro atoms. The fraction of sp³-hybridized carbons (Fsp3) is 0.486. The summed E-state index contributed by atoms with van der Waals surface area (Å²) in [7, 11) is 0. The molecule has 2 aromatic rings. The number of benzene rings is 2. The minimum absolute atomic E-state index is 0.0484. The molecule has 252 valence electrons. The Morgan fingerprint density at radius 2 is 1.62 bits per heavy atom. The molecule has 10 heteroatoms. The van der Waals surface area contributed by atoms with Crippen molar-refractivity contribution >= 4 is 40.7 Å². The van der Waals surface area contributed by atoms with Gasteiger partial charge in [-0.2, -0.15) is 0 Å². The highest BCUT2D eigenvalue weighted by molar-refractivity contribution is 6.30. The van der Waals surface area contributed by atoms with Gasteiger partial charge in [0.25, 0.3) is 5.91 Å². The van der Waals surface area contributed by atoms with Gasteiger partial charge in [-0.1, -0.05) is 30.7 Å². The van der Waals surface area contributed by atoms with Crippen LogP contribution in [0.1, 0.15) is 46.5 Å². The first-order chi connectivity index (χ1) is 22.6. The smallest absolute Gasteiger partial charge is 0.253 e. The van der Waals surface area contributed by atoms with Gasteiger partial charge in [0.15, 0.2) is 0 Å². The van der Waals surface area contributed by atoms with E-state index in [0.717, 1.165) is 0 Å². The van der Waals surface area contributed by atoms with Gasteiger partial charge in [0.05, 0.1) is 24.0 Å². The maximum atomic E-state index is 14.8. The number of aliphatic hydroxyl groups excluding tert-OH is 1. The maximum absolute atomic E-state index is 14.8. The van der Waals surface area contributed by atoms with Gasteiger partial charge in [0.2, 0.25) is 11.8 Å². The third kappa shape index (κ3) is 6.09. The van der Waals surface area contributed by atoms with E-state index < -0.39 is 29.1 Å². The number of amides is 3. The molecule has 3 aliphatic rings. The van der Waals surface area contributed by atoms with Crippen LogP contribution in [0, 0.1) is 17.8 Å². The summed E-state index contributed by atoms with van der Waals surface area (Å²) in [6.45, 7) is 15.0. The van der Waals surface area contributed by atoms with E-state index >= 15 is 0 Å². The summed E-state index contributed by atoms with van der Waals surface area (Å²) < 4.78 is 12.6. The molecule has 9 nitrogen and oxygen atoms in total. The Morgan fingerprint density at radius 3 is 2.19 bits per heavy atom. The zero-order chi connectivity index (χ0) is 33.9. The normalized spacial score (nSPS) is 27.4. The van der Waals surface area contributed by atoms with Crippen LogP contribution in [0.4, 0.5) is 11.4 Å². The molecular formula is C37H46ClN3O6. The lowest BCUT2D eigenvalue weighted by Gasteiger charge is -2.39. The highest BCUT2D eigenvalue weighted by atomic mass is 35.5. The van der Waals surface area contributed by atoms with Crippen LogP contribution in [-0.4, -0.2) is 77.8 Å². The zero-order valence-corrected chi connectivity index (χ0v) is 28.3. The molecule has 3 aliphatic heterocycles. The number of anilines is 2. The average molecular weight is 664 g/mol. The SMILES string of the molecule is C=CCN(C(=O)C1N(CCCCCO)C(=O)[C@@H]2[C@H](C(=O)N(CC=C)c3ccc(OCC)cc3)[C@@]3(C)OC12CC3C)c1ccc(Cl)cc1. The number of ether oxygens (including phenoxy) is 2. The number of hydrogen-bond donors (Lipinski definition) is 1. The fourth-order valence-corrected chi connectivity index (χ4v) is 8.06. The Bertz CT molecular complexity index is 1480. The molecule has 1 N–H and O–H groups in total. The van der Waals surface area contributed by atoms with Gasteiger partial charge in [-0.25, -0.2) is 0 Å². The third-order valence-electron chi connectivity index (χ3n) is 10.1. The van der Waals surface area contributed by atoms with Crippen molar-refractivity contribution in [3.8, 4) is 5.75 Å². The summed E-state index contributed by atoms with van der Waals surface area (Å²) in [5.74, 6) is -1.87. The van der Waals surface area contributed by atoms with Crippen molar-refractivity contribution in [1.82, 2.24) is 4.90 Å². The van der Waals surface area contributed by atoms with Crippen molar-refractivity contribution in [2.75, 3.05) is 42.6 Å². The van der Waals surface area contributed by atoms with E-state index in [2.05, 4.69) is 13.2 Å². The van der Waals surface area contributed by atoms with Crippen molar-refractivity contribution in [2.45, 2.75) is 63.7 Å². The Labute approximate surface area is 282 Å². The minimum Gasteiger partial charge on any atom is -0.494 e. The van der Waals surface area contributed by atoms with Crippen molar-refractivity contribution in [3.63, 3.8) is 0 Å². The van der Waals surface area contributed by atoms with Crippen molar-refractivity contribution < 1.29 is 29.0 Å². The lowest BCUT2D eigenvalue weighted by molar-refractivity contribution is -0.145. The molecule has 0 aliphatic carbocycles. The van der Waals surface area contributed by atoms with E-state index in [1.165, 1.54) is 0 Å². The van der Waals surface area contributed by atoms with Crippen molar-refractivity contribution in [3.05, 3.63) is 78.9 Å². The predicted octanol–water partition coefficient (Wildman–Crippen LogP) is 5.65. The van der Waals surface area contributed by atoms with E-state index in [1.54, 1.807) is 51.1 Å². The number of carbonyl (C=O) groups excluding carboxylic acids is 3. The predicted molar refractivity (Wildman–Crippen MR) is 184 cm³/mol. The van der Waals surface area contributed by atoms with Crippen LogP contribution in [0.25, 0.3) is 0 Å². The molecule has 3 amide bonds. The van der Waals surface area contributed by atoms with Gasteiger partial charge in [0.1, 0.15) is 17.4 Å². The number of hydrogen-bond acceptors (Lipinski definition) is 6. The molecule has 47 heavy (non-hydrogen) atoms. The molecule has 3 heterocycles. The molecule has 3 saturated heterocycles. The second-order valence-electron chi connectivity index (χ2n) is 12.9. The Balaban J connectivity index is 1.58. The van der Waals surface area contributed by atoms with Gasteiger partial charge in [0, 0.05) is 42.6 Å². The van der Waals surface area contributed by atoms with Gasteiger partial charge in [-0.3, -0.25) is 14.4 Å². The first-order valence-corrected chi connectivity index (χ1v) is 16.9. The van der Waals surface area contributed by atoms with E-state index in [9.17, 15) is 19.5 Å². The van der Waals surface area contributed by atoms with Crippen LogP contribution in [0.15, 0.2) is 73.8 Å². The summed E-state index contributed by atoms with van der Waals surface area (Å²) >= 11 is 6.18. The molecule has 3 unspecified atom stereocenters. The Morgan fingerprint density at radius 1 is 1.02 bits per heavy atom. The topological polar surface area (TPSA) is 99.6 Å². The largest absolute Gasteiger partial charge is 0.494 e. The second-order valence-corrected chi connectivity index (χ2v) is 13.3. The number of likely N-dealkylation sites (tertiary alicyclic amines) is 1. The third-order valence-corrected chi connectivity index (χ3v) is 10.4. The maximum Gasteiger partial charge on any atom is 0.253 e. The zero-order valence-electron chi connectivity index (χ0n) is 27.6. The molecule has 2 aromatic carbocycles. The van der Waals surface area contributed by atoms with Crippen molar-refractivity contribution in [1.29, 1.82) is 0 Å². The molecule has 0 aromatic heterocycles. The summed E-state index contributed by atoms with van der Waals surface area (Å²) in [4.78, 5) is 49.2. The number of carbonyl (C=O) groups is 3. The van der Waals surface area contributed by atoms with Gasteiger partial charge < -0.3 is 29.3 Å². The quantitative estimate of drug-likeness (QED) is 0.195. The molecule has 3 fully saturated rings. The summed E-state index contributed by atoms with van der Waals surface area (Å²) in [6.07, 6.45) is 5.65. The van der Waals surface area contributed by atoms with Crippen molar-refractivity contribution in [2.24, 2.45) is 17.8 Å². The van der Waals surface area contributed by atoms with Gasteiger partial charge in [-0.05, 0) is 94.0 Å². The molecule has 0 radical (unpaired) electrons. The van der Waals surface area contributed by atoms with Crippen LogP contribution in [-0.2, 0) is 19.1 Å². The molecular weight excluding hydrogens is 618 g/mol. The molecule has 5 rings (SSSR count). The molecule has 6 atom stereocenters. The van der Waals surface area contributed by atoms with Crippen LogP contribution >= 0.6 is 11.6 Å². The summed E-state index contributed by atoms with van der Waals surface area (Å²) in [5.41, 5.74) is -0.902. The lowest BCUT2D eigenvalue weighted by atomic mass is 9.62. The molecule has 2 bridgehead atoms. The fourth-order valence-electron chi connectivity index (χ4n) is 7.93. The summed E-state index contributed by atoms with van der Waals surface area (Å²) in [5, 5.41) is 9.93. The summed E-state index contributed by atoms with van der Waals surface area (Å²) in [6, 6.07) is 13.3. The highest BCUT2D eigenvalue weighted by Gasteiger charge is 2.80.